The quantitative estimate of drug-likeness (QED) is 0.727. The summed E-state index contributed by atoms with van der Waals surface area (Å²) in [5.74, 6) is 0.831. The molecule has 0 atom stereocenters. The van der Waals surface area contributed by atoms with Crippen LogP contribution in [-0.4, -0.2) is 19.6 Å². The second-order valence-corrected chi connectivity index (χ2v) is 6.53. The summed E-state index contributed by atoms with van der Waals surface area (Å²) in [7, 11) is 0. The minimum Gasteiger partial charge on any atom is -0.330 e. The molecule has 0 heterocycles. The topological polar surface area (TPSA) is 38.0 Å². The number of nitrogens with two attached hydrogens (primary N) is 1. The van der Waals surface area contributed by atoms with Crippen LogP contribution < -0.4 is 11.1 Å². The molecule has 0 aromatic heterocycles. The summed E-state index contributed by atoms with van der Waals surface area (Å²) in [5.41, 5.74) is 7.02. The molecule has 0 saturated heterocycles. The van der Waals surface area contributed by atoms with Crippen molar-refractivity contribution in [1.29, 1.82) is 0 Å². The van der Waals surface area contributed by atoms with Crippen molar-refractivity contribution in [2.75, 3.05) is 19.6 Å². The normalized spacial score (nSPS) is 26.2. The Morgan fingerprint density at radius 3 is 2.12 bits per heavy atom. The Morgan fingerprint density at radius 1 is 1.06 bits per heavy atom. The largest absolute Gasteiger partial charge is 0.330 e. The molecule has 0 aliphatic heterocycles. The van der Waals surface area contributed by atoms with Crippen LogP contribution in [0.2, 0.25) is 0 Å². The van der Waals surface area contributed by atoms with Crippen molar-refractivity contribution in [1.82, 2.24) is 5.32 Å². The van der Waals surface area contributed by atoms with E-state index in [4.69, 9.17) is 5.73 Å². The van der Waals surface area contributed by atoms with Gasteiger partial charge in [-0.1, -0.05) is 26.7 Å². The lowest BCUT2D eigenvalue weighted by atomic mass is 9.85. The van der Waals surface area contributed by atoms with Crippen molar-refractivity contribution in [3.8, 4) is 0 Å². The van der Waals surface area contributed by atoms with E-state index < -0.39 is 0 Å². The van der Waals surface area contributed by atoms with Crippen LogP contribution in [0.4, 0.5) is 0 Å². The van der Waals surface area contributed by atoms with Gasteiger partial charge in [-0.25, -0.2) is 0 Å². The zero-order valence-electron chi connectivity index (χ0n) is 11.0. The number of rotatable bonds is 6. The summed E-state index contributed by atoms with van der Waals surface area (Å²) in [6.45, 7) is 7.96. The molecule has 16 heavy (non-hydrogen) atoms. The summed E-state index contributed by atoms with van der Waals surface area (Å²) in [5, 5.41) is 3.72. The fourth-order valence-corrected chi connectivity index (χ4v) is 3.27. The maximum absolute atomic E-state index is 5.95. The lowest BCUT2D eigenvalue weighted by Gasteiger charge is -2.29. The first kappa shape index (κ1) is 12.4. The number of hydrogen-bond acceptors (Lipinski definition) is 2. The highest BCUT2D eigenvalue weighted by molar-refractivity contribution is 4.98. The van der Waals surface area contributed by atoms with Gasteiger partial charge in [0.15, 0.2) is 0 Å². The van der Waals surface area contributed by atoms with Gasteiger partial charge in [0.05, 0.1) is 0 Å². The van der Waals surface area contributed by atoms with Crippen molar-refractivity contribution in [3.05, 3.63) is 0 Å². The molecule has 2 rings (SSSR count). The average molecular weight is 224 g/mol. The SMILES string of the molecule is CC(C)C1(CNCC2(CN)CCCC2)CC1. The lowest BCUT2D eigenvalue weighted by molar-refractivity contribution is 0.261. The first-order chi connectivity index (χ1) is 7.63. The van der Waals surface area contributed by atoms with E-state index in [1.165, 1.54) is 45.1 Å². The third-order valence-electron chi connectivity index (χ3n) is 5.19. The molecule has 0 unspecified atom stereocenters. The van der Waals surface area contributed by atoms with E-state index in [-0.39, 0.29) is 0 Å². The molecular weight excluding hydrogens is 196 g/mol. The lowest BCUT2D eigenvalue weighted by Crippen LogP contribution is -2.40. The van der Waals surface area contributed by atoms with Crippen LogP contribution in [0.5, 0.6) is 0 Å². The highest BCUT2D eigenvalue weighted by Gasteiger charge is 2.45. The Hall–Kier alpha value is -0.0800. The van der Waals surface area contributed by atoms with Crippen LogP contribution >= 0.6 is 0 Å². The highest BCUT2D eigenvalue weighted by Crippen LogP contribution is 2.51. The van der Waals surface area contributed by atoms with E-state index in [0.29, 0.717) is 10.8 Å². The van der Waals surface area contributed by atoms with Gasteiger partial charge in [0.1, 0.15) is 0 Å². The minimum absolute atomic E-state index is 0.438. The average Bonchev–Trinajstić information content (AvgIpc) is 2.91. The van der Waals surface area contributed by atoms with Crippen molar-refractivity contribution in [3.63, 3.8) is 0 Å². The standard InChI is InChI=1S/C14H28N2/c1-12(2)14(7-8-14)11-16-10-13(9-15)5-3-4-6-13/h12,16H,3-11,15H2,1-2H3. The minimum atomic E-state index is 0.438. The molecule has 2 heteroatoms. The van der Waals surface area contributed by atoms with Gasteiger partial charge in [-0.05, 0) is 49.0 Å². The molecule has 0 aromatic carbocycles. The van der Waals surface area contributed by atoms with Gasteiger partial charge in [-0.15, -0.1) is 0 Å². The van der Waals surface area contributed by atoms with Crippen LogP contribution in [-0.2, 0) is 0 Å². The summed E-state index contributed by atoms with van der Waals surface area (Å²) >= 11 is 0. The first-order valence-corrected chi connectivity index (χ1v) is 7.03. The third kappa shape index (κ3) is 2.43. The molecule has 2 fully saturated rings. The van der Waals surface area contributed by atoms with Gasteiger partial charge in [0, 0.05) is 13.1 Å². The first-order valence-electron chi connectivity index (χ1n) is 7.03. The molecule has 0 aromatic rings. The molecule has 2 aliphatic carbocycles. The summed E-state index contributed by atoms with van der Waals surface area (Å²) in [6.07, 6.45) is 8.29. The molecule has 2 nitrogen and oxygen atoms in total. The smallest absolute Gasteiger partial charge is 0.00201 e. The Balaban J connectivity index is 1.75. The van der Waals surface area contributed by atoms with Crippen molar-refractivity contribution < 1.29 is 0 Å². The molecule has 2 saturated carbocycles. The van der Waals surface area contributed by atoms with Crippen LogP contribution in [0.25, 0.3) is 0 Å². The van der Waals surface area contributed by atoms with E-state index in [2.05, 4.69) is 19.2 Å². The summed E-state index contributed by atoms with van der Waals surface area (Å²) in [6, 6.07) is 0. The van der Waals surface area contributed by atoms with E-state index >= 15 is 0 Å². The molecule has 94 valence electrons. The van der Waals surface area contributed by atoms with Gasteiger partial charge in [0.25, 0.3) is 0 Å². The molecule has 0 radical (unpaired) electrons. The van der Waals surface area contributed by atoms with E-state index in [1.54, 1.807) is 0 Å². The van der Waals surface area contributed by atoms with Gasteiger partial charge in [0.2, 0.25) is 0 Å². The molecule has 0 spiro atoms. The molecule has 2 aliphatic rings. The van der Waals surface area contributed by atoms with Gasteiger partial charge in [-0.3, -0.25) is 0 Å². The fraction of sp³-hybridized carbons (Fsp3) is 1.00. The predicted molar refractivity (Wildman–Crippen MR) is 69.3 cm³/mol. The van der Waals surface area contributed by atoms with Gasteiger partial charge >= 0.3 is 0 Å². The van der Waals surface area contributed by atoms with Crippen LogP contribution in [0, 0.1) is 16.7 Å². The van der Waals surface area contributed by atoms with Crippen molar-refractivity contribution in [2.24, 2.45) is 22.5 Å². The third-order valence-corrected chi connectivity index (χ3v) is 5.19. The second-order valence-electron chi connectivity index (χ2n) is 6.53. The molecule has 0 amide bonds. The maximum atomic E-state index is 5.95. The van der Waals surface area contributed by atoms with Gasteiger partial charge in [-0.2, -0.15) is 0 Å². The Bertz CT molecular complexity index is 225. The maximum Gasteiger partial charge on any atom is 0.00201 e. The van der Waals surface area contributed by atoms with E-state index in [1.807, 2.05) is 0 Å². The summed E-state index contributed by atoms with van der Waals surface area (Å²) in [4.78, 5) is 0. The summed E-state index contributed by atoms with van der Waals surface area (Å²) < 4.78 is 0. The Morgan fingerprint density at radius 2 is 1.69 bits per heavy atom. The second kappa shape index (κ2) is 4.66. The fourth-order valence-electron chi connectivity index (χ4n) is 3.27. The predicted octanol–water partition coefficient (Wildman–Crippen LogP) is 2.53. The highest BCUT2D eigenvalue weighted by atomic mass is 14.9. The van der Waals surface area contributed by atoms with Crippen LogP contribution in [0.1, 0.15) is 52.4 Å². The van der Waals surface area contributed by atoms with Crippen molar-refractivity contribution >= 4 is 0 Å². The Labute approximate surface area is 100 Å². The molecule has 3 N–H and O–H groups in total. The van der Waals surface area contributed by atoms with Crippen LogP contribution in [0.15, 0.2) is 0 Å². The van der Waals surface area contributed by atoms with Gasteiger partial charge < -0.3 is 11.1 Å². The van der Waals surface area contributed by atoms with Crippen LogP contribution in [0.3, 0.4) is 0 Å². The Kier molecular flexibility index (Phi) is 3.60. The van der Waals surface area contributed by atoms with E-state index in [9.17, 15) is 0 Å². The van der Waals surface area contributed by atoms with Crippen molar-refractivity contribution in [2.45, 2.75) is 52.4 Å². The number of nitrogens with one attached hydrogen (secondary N) is 1. The zero-order valence-corrected chi connectivity index (χ0v) is 11.0. The number of hydrogen-bond donors (Lipinski definition) is 2. The molecule has 0 bridgehead atoms. The zero-order chi connectivity index (χ0) is 11.6. The monoisotopic (exact) mass is 224 g/mol. The van der Waals surface area contributed by atoms with E-state index in [0.717, 1.165) is 19.0 Å². The molecular formula is C14H28N2.